The lowest BCUT2D eigenvalue weighted by atomic mass is 10.3. The molecule has 0 bridgehead atoms. The first-order valence-corrected chi connectivity index (χ1v) is 4.28. The molecular weight excluding hydrogens is 237 g/mol. The van der Waals surface area contributed by atoms with E-state index in [2.05, 4.69) is 4.74 Å². The first kappa shape index (κ1) is 11.3. The average Bonchev–Trinajstić information content (AvgIpc) is 2.11. The number of hydrogen-bond donors (Lipinski definition) is 0. The molecule has 0 N–H and O–H groups in total. The number of ether oxygens (including phenoxy) is 2. The fourth-order valence-corrected chi connectivity index (χ4v) is 1.19. The Morgan fingerprint density at radius 3 is 2.43 bits per heavy atom. The lowest BCUT2D eigenvalue weighted by Crippen LogP contribution is -2.02. The van der Waals surface area contributed by atoms with E-state index in [0.29, 0.717) is 5.75 Å². The van der Waals surface area contributed by atoms with Gasteiger partial charge in [-0.2, -0.15) is 8.78 Å². The van der Waals surface area contributed by atoms with Gasteiger partial charge < -0.3 is 9.47 Å². The molecule has 0 radical (unpaired) electrons. The zero-order valence-electron chi connectivity index (χ0n) is 7.06. The van der Waals surface area contributed by atoms with Crippen LogP contribution in [0.25, 0.3) is 0 Å². The molecule has 0 aliphatic heterocycles. The van der Waals surface area contributed by atoms with Crippen LogP contribution in [0, 0.1) is 0 Å². The van der Waals surface area contributed by atoms with Gasteiger partial charge in [-0.3, -0.25) is 0 Å². The lowest BCUT2D eigenvalue weighted by molar-refractivity contribution is -0.0498. The van der Waals surface area contributed by atoms with Crippen LogP contribution < -0.4 is 9.47 Å². The van der Waals surface area contributed by atoms with Gasteiger partial charge >= 0.3 is 6.61 Å². The Kier molecular flexibility index (Phi) is 3.77. The van der Waals surface area contributed by atoms with Crippen molar-refractivity contribution in [1.82, 2.24) is 0 Å². The summed E-state index contributed by atoms with van der Waals surface area (Å²) < 4.78 is 32.7. The molecular formula is C8H6Cl2F2O2. The number of hydrogen-bond acceptors (Lipinski definition) is 2. The highest BCUT2D eigenvalue weighted by atomic mass is 35.5. The standard InChI is InChI=1S/C8H6Cl2F2O2/c1-13-4-2-5(9)7(10)6(3-4)14-8(11)12/h2-3,8H,1H3. The fourth-order valence-electron chi connectivity index (χ4n) is 0.840. The number of benzene rings is 1. The van der Waals surface area contributed by atoms with E-state index in [1.54, 1.807) is 0 Å². The molecule has 0 atom stereocenters. The SMILES string of the molecule is COc1cc(Cl)c(Cl)c(OC(F)F)c1. The Morgan fingerprint density at radius 1 is 1.29 bits per heavy atom. The third-order valence-electron chi connectivity index (χ3n) is 1.42. The number of methoxy groups -OCH3 is 1. The molecule has 2 nitrogen and oxygen atoms in total. The molecule has 6 heteroatoms. The van der Waals surface area contributed by atoms with Crippen molar-refractivity contribution in [3.05, 3.63) is 22.2 Å². The molecule has 0 heterocycles. The normalized spacial score (nSPS) is 10.4. The zero-order chi connectivity index (χ0) is 10.7. The van der Waals surface area contributed by atoms with Crippen LogP contribution in [0.1, 0.15) is 0 Å². The van der Waals surface area contributed by atoms with E-state index in [1.807, 2.05) is 0 Å². The Bertz CT molecular complexity index is 331. The van der Waals surface area contributed by atoms with E-state index in [9.17, 15) is 8.78 Å². The van der Waals surface area contributed by atoms with Crippen LogP contribution in [0.5, 0.6) is 11.5 Å². The minimum atomic E-state index is -2.95. The van der Waals surface area contributed by atoms with Crippen molar-refractivity contribution in [2.75, 3.05) is 7.11 Å². The lowest BCUT2D eigenvalue weighted by Gasteiger charge is -2.09. The third-order valence-corrected chi connectivity index (χ3v) is 2.20. The van der Waals surface area contributed by atoms with Crippen LogP contribution in [0.15, 0.2) is 12.1 Å². The molecule has 0 spiro atoms. The highest BCUT2D eigenvalue weighted by Crippen LogP contribution is 2.36. The second-order valence-corrected chi connectivity index (χ2v) is 3.09. The minimum absolute atomic E-state index is 0.0623. The molecule has 1 rings (SSSR count). The summed E-state index contributed by atoms with van der Waals surface area (Å²) in [4.78, 5) is 0. The number of halogens is 4. The van der Waals surface area contributed by atoms with Gasteiger partial charge in [0.05, 0.1) is 12.1 Å². The molecule has 0 fully saturated rings. The quantitative estimate of drug-likeness (QED) is 0.807. The van der Waals surface area contributed by atoms with Crippen molar-refractivity contribution in [3.63, 3.8) is 0 Å². The average molecular weight is 243 g/mol. The van der Waals surface area contributed by atoms with Gasteiger partial charge in [0.2, 0.25) is 0 Å². The van der Waals surface area contributed by atoms with Crippen molar-refractivity contribution in [1.29, 1.82) is 0 Å². The van der Waals surface area contributed by atoms with Crippen molar-refractivity contribution in [2.45, 2.75) is 6.61 Å². The number of alkyl halides is 2. The fraction of sp³-hybridized carbons (Fsp3) is 0.250. The van der Waals surface area contributed by atoms with Crippen molar-refractivity contribution >= 4 is 23.2 Å². The molecule has 0 aliphatic carbocycles. The molecule has 1 aromatic carbocycles. The Balaban J connectivity index is 3.07. The molecule has 1 aromatic rings. The summed E-state index contributed by atoms with van der Waals surface area (Å²) in [6.07, 6.45) is 0. The smallest absolute Gasteiger partial charge is 0.387 e. The maximum atomic E-state index is 11.9. The van der Waals surface area contributed by atoms with Gasteiger partial charge in [-0.25, -0.2) is 0 Å². The maximum absolute atomic E-state index is 11.9. The molecule has 0 amide bonds. The second kappa shape index (κ2) is 4.66. The summed E-state index contributed by atoms with van der Waals surface area (Å²) in [6.45, 7) is -2.95. The van der Waals surface area contributed by atoms with Crippen LogP contribution in [0.3, 0.4) is 0 Å². The van der Waals surface area contributed by atoms with E-state index in [4.69, 9.17) is 27.9 Å². The van der Waals surface area contributed by atoms with Crippen molar-refractivity contribution in [3.8, 4) is 11.5 Å². The predicted octanol–water partition coefficient (Wildman–Crippen LogP) is 3.60. The van der Waals surface area contributed by atoms with Crippen LogP contribution in [0.4, 0.5) is 8.78 Å². The van der Waals surface area contributed by atoms with Gasteiger partial charge in [0.15, 0.2) is 0 Å². The summed E-state index contributed by atoms with van der Waals surface area (Å²) in [6, 6.07) is 2.64. The summed E-state index contributed by atoms with van der Waals surface area (Å²) in [5, 5.41) is 0.0365. The highest BCUT2D eigenvalue weighted by molar-refractivity contribution is 6.43. The van der Waals surface area contributed by atoms with E-state index >= 15 is 0 Å². The van der Waals surface area contributed by atoms with E-state index < -0.39 is 6.61 Å². The van der Waals surface area contributed by atoms with Gasteiger partial charge in [-0.15, -0.1) is 0 Å². The summed E-state index contributed by atoms with van der Waals surface area (Å²) in [5.74, 6) is 0.0982. The first-order valence-electron chi connectivity index (χ1n) is 3.52. The van der Waals surface area contributed by atoms with Crippen molar-refractivity contribution < 1.29 is 18.3 Å². The maximum Gasteiger partial charge on any atom is 0.387 e. The second-order valence-electron chi connectivity index (χ2n) is 2.30. The largest absolute Gasteiger partial charge is 0.497 e. The monoisotopic (exact) mass is 242 g/mol. The van der Waals surface area contributed by atoms with Gasteiger partial charge in [0, 0.05) is 12.1 Å². The van der Waals surface area contributed by atoms with Gasteiger partial charge in [-0.1, -0.05) is 23.2 Å². The molecule has 78 valence electrons. The highest BCUT2D eigenvalue weighted by Gasteiger charge is 2.13. The molecule has 0 saturated heterocycles. The van der Waals surface area contributed by atoms with E-state index in [1.165, 1.54) is 19.2 Å². The third kappa shape index (κ3) is 2.62. The Morgan fingerprint density at radius 2 is 1.93 bits per heavy atom. The molecule has 0 aromatic heterocycles. The Hall–Kier alpha value is -0.740. The number of rotatable bonds is 3. The van der Waals surface area contributed by atoms with Crippen LogP contribution >= 0.6 is 23.2 Å². The molecule has 0 unspecified atom stereocenters. The predicted molar refractivity (Wildman–Crippen MR) is 49.6 cm³/mol. The van der Waals surface area contributed by atoms with Crippen molar-refractivity contribution in [2.24, 2.45) is 0 Å². The van der Waals surface area contributed by atoms with Gasteiger partial charge in [-0.05, 0) is 0 Å². The van der Waals surface area contributed by atoms with Crippen LogP contribution in [-0.2, 0) is 0 Å². The topological polar surface area (TPSA) is 18.5 Å². The molecule has 0 aliphatic rings. The minimum Gasteiger partial charge on any atom is -0.497 e. The van der Waals surface area contributed by atoms with Gasteiger partial charge in [0.1, 0.15) is 16.5 Å². The van der Waals surface area contributed by atoms with Crippen LogP contribution in [0.2, 0.25) is 10.0 Å². The summed E-state index contributed by atoms with van der Waals surface area (Å²) in [5.41, 5.74) is 0. The van der Waals surface area contributed by atoms with Gasteiger partial charge in [0.25, 0.3) is 0 Å². The Labute approximate surface area is 89.3 Å². The van der Waals surface area contributed by atoms with Crippen LogP contribution in [-0.4, -0.2) is 13.7 Å². The zero-order valence-corrected chi connectivity index (χ0v) is 8.57. The molecule has 0 saturated carbocycles. The van der Waals surface area contributed by atoms with E-state index in [0.717, 1.165) is 0 Å². The molecule has 14 heavy (non-hydrogen) atoms. The summed E-state index contributed by atoms with van der Waals surface area (Å²) in [7, 11) is 1.38. The van der Waals surface area contributed by atoms with E-state index in [-0.39, 0.29) is 15.8 Å². The summed E-state index contributed by atoms with van der Waals surface area (Å²) >= 11 is 11.3. The first-order chi connectivity index (χ1) is 6.54.